The summed E-state index contributed by atoms with van der Waals surface area (Å²) in [6.07, 6.45) is 4.98. The normalized spacial score (nSPS) is 12.9. The van der Waals surface area contributed by atoms with Crippen molar-refractivity contribution in [2.45, 2.75) is 46.6 Å². The van der Waals surface area contributed by atoms with Gasteiger partial charge in [0.1, 0.15) is 0 Å². The minimum absolute atomic E-state index is 0.0481. The van der Waals surface area contributed by atoms with Crippen molar-refractivity contribution in [3.8, 4) is 0 Å². The lowest BCUT2D eigenvalue weighted by Crippen LogP contribution is -2.15. The van der Waals surface area contributed by atoms with E-state index in [0.717, 1.165) is 12.3 Å². The number of rotatable bonds is 3. The van der Waals surface area contributed by atoms with Crippen LogP contribution in [0, 0.1) is 5.92 Å². The molecule has 0 saturated carbocycles. The van der Waals surface area contributed by atoms with Crippen molar-refractivity contribution >= 4 is 0 Å². The molecule has 1 heteroatoms. The average molecular weight is 156 g/mol. The fourth-order valence-electron chi connectivity index (χ4n) is 0.580. The van der Waals surface area contributed by atoms with Gasteiger partial charge in [0.25, 0.3) is 0 Å². The summed E-state index contributed by atoms with van der Waals surface area (Å²) in [6, 6.07) is 0. The van der Waals surface area contributed by atoms with Crippen molar-refractivity contribution in [3.63, 3.8) is 0 Å². The predicted molar refractivity (Wildman–Crippen MR) is 49.4 cm³/mol. The third kappa shape index (κ3) is 9.54. The molecule has 1 nitrogen and oxygen atoms in total. The number of allylic oxidation sites excluding steroid dienone is 1. The zero-order chi connectivity index (χ0) is 8.91. The van der Waals surface area contributed by atoms with Crippen LogP contribution >= 0.6 is 0 Å². The Hall–Kier alpha value is -0.460. The molecule has 0 amide bonds. The highest BCUT2D eigenvalue weighted by atomic mass is 16.5. The number of ether oxygens (including phenoxy) is 1. The van der Waals surface area contributed by atoms with Gasteiger partial charge in [-0.1, -0.05) is 13.8 Å². The highest BCUT2D eigenvalue weighted by Gasteiger charge is 2.06. The molecular weight excluding hydrogens is 136 g/mol. The van der Waals surface area contributed by atoms with E-state index in [0.29, 0.717) is 0 Å². The summed E-state index contributed by atoms with van der Waals surface area (Å²) in [5.74, 6) is 0.717. The zero-order valence-corrected chi connectivity index (χ0v) is 8.35. The fourth-order valence-corrected chi connectivity index (χ4v) is 0.580. The molecule has 66 valence electrons. The van der Waals surface area contributed by atoms with E-state index < -0.39 is 0 Å². The standard InChI is InChI=1S/C10H20O/c1-9(2)7-6-8-11-10(3,4)5/h6,8-9H,7H2,1-5H3/b8-6+. The van der Waals surface area contributed by atoms with Gasteiger partial charge in [0.2, 0.25) is 0 Å². The molecule has 0 fully saturated rings. The molecule has 0 N–H and O–H groups in total. The SMILES string of the molecule is CC(C)C/C=C/OC(C)(C)C. The van der Waals surface area contributed by atoms with E-state index in [9.17, 15) is 0 Å². The Kier molecular flexibility index (Phi) is 4.24. The molecule has 0 aliphatic heterocycles. The van der Waals surface area contributed by atoms with Crippen LogP contribution in [0.1, 0.15) is 41.0 Å². The van der Waals surface area contributed by atoms with Gasteiger partial charge in [-0.25, -0.2) is 0 Å². The maximum absolute atomic E-state index is 5.40. The maximum Gasteiger partial charge on any atom is 0.0998 e. The van der Waals surface area contributed by atoms with E-state index in [-0.39, 0.29) is 5.60 Å². The summed E-state index contributed by atoms with van der Waals surface area (Å²) < 4.78 is 5.40. The molecule has 0 rings (SSSR count). The number of hydrogen-bond acceptors (Lipinski definition) is 1. The average Bonchev–Trinajstić information content (AvgIpc) is 1.78. The van der Waals surface area contributed by atoms with Crippen LogP contribution in [-0.4, -0.2) is 5.60 Å². The number of hydrogen-bond donors (Lipinski definition) is 0. The van der Waals surface area contributed by atoms with Crippen molar-refractivity contribution in [2.24, 2.45) is 5.92 Å². The first-order chi connectivity index (χ1) is 4.92. The topological polar surface area (TPSA) is 9.23 Å². The highest BCUT2D eigenvalue weighted by molar-refractivity contribution is 4.77. The van der Waals surface area contributed by atoms with Crippen LogP contribution in [0.2, 0.25) is 0 Å². The minimum atomic E-state index is -0.0481. The summed E-state index contributed by atoms with van der Waals surface area (Å²) in [5, 5.41) is 0. The van der Waals surface area contributed by atoms with Gasteiger partial charge in [-0.3, -0.25) is 0 Å². The third-order valence-corrected chi connectivity index (χ3v) is 1.13. The third-order valence-electron chi connectivity index (χ3n) is 1.13. The molecule has 0 aromatic heterocycles. The van der Waals surface area contributed by atoms with Gasteiger partial charge in [-0.15, -0.1) is 0 Å². The van der Waals surface area contributed by atoms with E-state index in [4.69, 9.17) is 4.74 Å². The van der Waals surface area contributed by atoms with Crippen LogP contribution in [0.5, 0.6) is 0 Å². The van der Waals surface area contributed by atoms with Crippen LogP contribution in [0.15, 0.2) is 12.3 Å². The van der Waals surface area contributed by atoms with Gasteiger partial charge < -0.3 is 4.74 Å². The largest absolute Gasteiger partial charge is 0.496 e. The molecule has 0 aliphatic carbocycles. The molecule has 0 radical (unpaired) electrons. The van der Waals surface area contributed by atoms with Crippen molar-refractivity contribution < 1.29 is 4.74 Å². The summed E-state index contributed by atoms with van der Waals surface area (Å²) >= 11 is 0. The summed E-state index contributed by atoms with van der Waals surface area (Å²) in [4.78, 5) is 0. The van der Waals surface area contributed by atoms with Crippen LogP contribution in [-0.2, 0) is 4.74 Å². The summed E-state index contributed by atoms with van der Waals surface area (Å²) in [5.41, 5.74) is -0.0481. The first kappa shape index (κ1) is 10.5. The molecule has 0 aliphatic rings. The minimum Gasteiger partial charge on any atom is -0.496 e. The molecule has 11 heavy (non-hydrogen) atoms. The molecule has 0 heterocycles. The van der Waals surface area contributed by atoms with E-state index in [1.54, 1.807) is 6.26 Å². The molecular formula is C10H20O. The highest BCUT2D eigenvalue weighted by Crippen LogP contribution is 2.08. The van der Waals surface area contributed by atoms with Crippen molar-refractivity contribution in [1.82, 2.24) is 0 Å². The van der Waals surface area contributed by atoms with Gasteiger partial charge in [-0.2, -0.15) is 0 Å². The van der Waals surface area contributed by atoms with E-state index in [1.807, 2.05) is 20.8 Å². The molecule has 0 spiro atoms. The van der Waals surface area contributed by atoms with Crippen molar-refractivity contribution in [1.29, 1.82) is 0 Å². The van der Waals surface area contributed by atoms with E-state index in [1.165, 1.54) is 0 Å². The molecule has 0 aromatic carbocycles. The van der Waals surface area contributed by atoms with Crippen LogP contribution in [0.4, 0.5) is 0 Å². The Labute approximate surface area is 70.4 Å². The lowest BCUT2D eigenvalue weighted by atomic mass is 10.1. The van der Waals surface area contributed by atoms with Gasteiger partial charge in [0.05, 0.1) is 11.9 Å². The fraction of sp³-hybridized carbons (Fsp3) is 0.800. The lowest BCUT2D eigenvalue weighted by Gasteiger charge is -2.17. The predicted octanol–water partition coefficient (Wildman–Crippen LogP) is 3.36. The van der Waals surface area contributed by atoms with Gasteiger partial charge in [0.15, 0.2) is 0 Å². The second-order valence-corrected chi connectivity index (χ2v) is 4.23. The van der Waals surface area contributed by atoms with Gasteiger partial charge >= 0.3 is 0 Å². The Morgan fingerprint density at radius 1 is 1.27 bits per heavy atom. The van der Waals surface area contributed by atoms with Crippen LogP contribution in [0.25, 0.3) is 0 Å². The molecule has 0 unspecified atom stereocenters. The Balaban J connectivity index is 3.46. The molecule has 0 atom stereocenters. The van der Waals surface area contributed by atoms with Crippen molar-refractivity contribution in [3.05, 3.63) is 12.3 Å². The second-order valence-electron chi connectivity index (χ2n) is 4.23. The Morgan fingerprint density at radius 3 is 2.18 bits per heavy atom. The monoisotopic (exact) mass is 156 g/mol. The Bertz CT molecular complexity index is 117. The van der Waals surface area contributed by atoms with E-state index in [2.05, 4.69) is 19.9 Å². The zero-order valence-electron chi connectivity index (χ0n) is 8.35. The van der Waals surface area contributed by atoms with Crippen molar-refractivity contribution in [2.75, 3.05) is 0 Å². The van der Waals surface area contributed by atoms with Crippen LogP contribution in [0.3, 0.4) is 0 Å². The van der Waals surface area contributed by atoms with Gasteiger partial charge in [0, 0.05) is 0 Å². The Morgan fingerprint density at radius 2 is 1.82 bits per heavy atom. The van der Waals surface area contributed by atoms with Gasteiger partial charge in [-0.05, 0) is 39.2 Å². The van der Waals surface area contributed by atoms with E-state index >= 15 is 0 Å². The lowest BCUT2D eigenvalue weighted by molar-refractivity contribution is 0.0760. The quantitative estimate of drug-likeness (QED) is 0.569. The first-order valence-corrected chi connectivity index (χ1v) is 4.24. The van der Waals surface area contributed by atoms with Crippen LogP contribution < -0.4 is 0 Å². The maximum atomic E-state index is 5.40. The summed E-state index contributed by atoms with van der Waals surface area (Å²) in [7, 11) is 0. The summed E-state index contributed by atoms with van der Waals surface area (Å²) in [6.45, 7) is 10.5. The first-order valence-electron chi connectivity index (χ1n) is 4.24. The smallest absolute Gasteiger partial charge is 0.0998 e. The molecule has 0 bridgehead atoms. The molecule has 0 saturated heterocycles. The second kappa shape index (κ2) is 4.42. The molecule has 0 aromatic rings.